The molecule has 0 aliphatic carbocycles. The Balaban J connectivity index is 1.61. The van der Waals surface area contributed by atoms with Gasteiger partial charge < -0.3 is 14.4 Å². The molecule has 26 heavy (non-hydrogen) atoms. The van der Waals surface area contributed by atoms with Crippen molar-refractivity contribution in [3.63, 3.8) is 0 Å². The first kappa shape index (κ1) is 19.5. The maximum absolute atomic E-state index is 12.6. The number of sulfonamides is 1. The van der Waals surface area contributed by atoms with Gasteiger partial charge in [0.1, 0.15) is 5.60 Å². The first-order chi connectivity index (χ1) is 12.4. The van der Waals surface area contributed by atoms with Gasteiger partial charge >= 0.3 is 0 Å². The van der Waals surface area contributed by atoms with Crippen LogP contribution in [0.4, 0.5) is 0 Å². The topological polar surface area (TPSA) is 84.9 Å². The van der Waals surface area contributed by atoms with Crippen molar-refractivity contribution >= 4 is 33.3 Å². The molecule has 2 aliphatic heterocycles. The fourth-order valence-electron chi connectivity index (χ4n) is 3.24. The smallest absolute Gasteiger partial charge is 0.246 e. The van der Waals surface area contributed by atoms with E-state index in [0.29, 0.717) is 26.3 Å². The molecule has 1 aromatic rings. The predicted octanol–water partition coefficient (Wildman–Crippen LogP) is 1.09. The molecule has 7 nitrogen and oxygen atoms in total. The molecule has 0 radical (unpaired) electrons. The summed E-state index contributed by atoms with van der Waals surface area (Å²) in [7, 11) is -3.25. The van der Waals surface area contributed by atoms with Crippen LogP contribution in [0.25, 0.3) is 6.08 Å². The molecule has 1 aromatic heterocycles. The van der Waals surface area contributed by atoms with E-state index < -0.39 is 15.6 Å². The molecule has 2 aliphatic rings. The summed E-state index contributed by atoms with van der Waals surface area (Å²) in [5.41, 5.74) is -0.563. The van der Waals surface area contributed by atoms with Crippen LogP contribution in [-0.4, -0.2) is 70.0 Å². The third kappa shape index (κ3) is 5.37. The normalized spacial score (nSPS) is 27.3. The lowest BCUT2D eigenvalue weighted by Gasteiger charge is -2.31. The average molecular weight is 401 g/mol. The molecule has 1 N–H and O–H groups in total. The van der Waals surface area contributed by atoms with Crippen LogP contribution in [0.1, 0.15) is 17.7 Å². The van der Waals surface area contributed by atoms with Crippen LogP contribution < -0.4 is 4.72 Å². The summed E-state index contributed by atoms with van der Waals surface area (Å²) in [6.45, 7) is 2.10. The van der Waals surface area contributed by atoms with Crippen LogP contribution in [0.5, 0.6) is 0 Å². The summed E-state index contributed by atoms with van der Waals surface area (Å²) in [4.78, 5) is 15.3. The van der Waals surface area contributed by atoms with Crippen molar-refractivity contribution in [3.8, 4) is 0 Å². The highest BCUT2D eigenvalue weighted by molar-refractivity contribution is 7.88. The molecule has 0 unspecified atom stereocenters. The molecule has 2 saturated heterocycles. The number of thiophene rings is 1. The SMILES string of the molecule is CS(=O)(=O)NC[C@@H]1CC[C@]2(COCCN(C(=O)/C=C/c3cccs3)C2)O1. The Labute approximate surface area is 158 Å². The minimum absolute atomic E-state index is 0.0652. The fourth-order valence-corrected chi connectivity index (χ4v) is 4.35. The van der Waals surface area contributed by atoms with Gasteiger partial charge in [0.2, 0.25) is 15.9 Å². The Bertz CT molecular complexity index is 747. The Morgan fingerprint density at radius 1 is 1.54 bits per heavy atom. The van der Waals surface area contributed by atoms with Gasteiger partial charge in [0.25, 0.3) is 0 Å². The lowest BCUT2D eigenvalue weighted by atomic mass is 10.00. The van der Waals surface area contributed by atoms with Gasteiger partial charge in [-0.3, -0.25) is 4.79 Å². The van der Waals surface area contributed by atoms with Crippen molar-refractivity contribution in [2.75, 3.05) is 39.1 Å². The first-order valence-electron chi connectivity index (χ1n) is 8.56. The minimum atomic E-state index is -3.25. The maximum Gasteiger partial charge on any atom is 0.246 e. The second-order valence-electron chi connectivity index (χ2n) is 6.74. The number of hydrogen-bond donors (Lipinski definition) is 1. The highest BCUT2D eigenvalue weighted by Gasteiger charge is 2.43. The number of nitrogens with zero attached hydrogens (tertiary/aromatic N) is 1. The van der Waals surface area contributed by atoms with Gasteiger partial charge in [-0.15, -0.1) is 11.3 Å². The van der Waals surface area contributed by atoms with Crippen molar-refractivity contribution in [2.45, 2.75) is 24.5 Å². The van der Waals surface area contributed by atoms with Gasteiger partial charge in [-0.25, -0.2) is 13.1 Å². The third-order valence-corrected chi connectivity index (χ3v) is 6.04. The van der Waals surface area contributed by atoms with Gasteiger partial charge in [0, 0.05) is 24.0 Å². The molecule has 144 valence electrons. The number of amides is 1. The van der Waals surface area contributed by atoms with Crippen LogP contribution >= 0.6 is 11.3 Å². The summed E-state index contributed by atoms with van der Waals surface area (Å²) < 4.78 is 36.8. The maximum atomic E-state index is 12.6. The summed E-state index contributed by atoms with van der Waals surface area (Å²) in [6.07, 6.45) is 5.81. The Hall–Kier alpha value is -1.26. The summed E-state index contributed by atoms with van der Waals surface area (Å²) >= 11 is 1.58. The van der Waals surface area contributed by atoms with E-state index in [9.17, 15) is 13.2 Å². The monoisotopic (exact) mass is 400 g/mol. The second-order valence-corrected chi connectivity index (χ2v) is 9.56. The molecule has 1 amide bonds. The van der Waals surface area contributed by atoms with Crippen molar-refractivity contribution in [1.29, 1.82) is 0 Å². The van der Waals surface area contributed by atoms with Crippen LogP contribution in [0.2, 0.25) is 0 Å². The molecular weight excluding hydrogens is 376 g/mol. The lowest BCUT2D eigenvalue weighted by molar-refractivity contribution is -0.130. The molecule has 9 heteroatoms. The van der Waals surface area contributed by atoms with Crippen molar-refractivity contribution < 1.29 is 22.7 Å². The summed E-state index contributed by atoms with van der Waals surface area (Å²) in [5.74, 6) is -0.0652. The number of nitrogens with one attached hydrogen (secondary N) is 1. The molecule has 2 atom stereocenters. The molecular formula is C17H24N2O5S2. The average Bonchev–Trinajstić information content (AvgIpc) is 3.18. The number of hydrogen-bond acceptors (Lipinski definition) is 6. The van der Waals surface area contributed by atoms with E-state index in [1.165, 1.54) is 0 Å². The van der Waals surface area contributed by atoms with Gasteiger partial charge in [-0.2, -0.15) is 0 Å². The Kier molecular flexibility index (Phi) is 6.13. The highest BCUT2D eigenvalue weighted by Crippen LogP contribution is 2.33. The second kappa shape index (κ2) is 8.18. The van der Waals surface area contributed by atoms with E-state index in [1.54, 1.807) is 22.3 Å². The van der Waals surface area contributed by atoms with E-state index in [0.717, 1.165) is 24.0 Å². The van der Waals surface area contributed by atoms with E-state index in [1.807, 2.05) is 23.6 Å². The first-order valence-corrected chi connectivity index (χ1v) is 11.3. The van der Waals surface area contributed by atoms with Gasteiger partial charge in [0.15, 0.2) is 0 Å². The van der Waals surface area contributed by atoms with Crippen LogP contribution in [0, 0.1) is 0 Å². The summed E-state index contributed by atoms with van der Waals surface area (Å²) in [5, 5.41) is 1.97. The predicted molar refractivity (Wildman–Crippen MR) is 100 cm³/mol. The summed E-state index contributed by atoms with van der Waals surface area (Å²) in [6, 6.07) is 3.90. The van der Waals surface area contributed by atoms with Crippen molar-refractivity contribution in [3.05, 3.63) is 28.5 Å². The quantitative estimate of drug-likeness (QED) is 0.748. The van der Waals surface area contributed by atoms with Gasteiger partial charge in [0.05, 0.1) is 32.1 Å². The molecule has 0 bridgehead atoms. The highest BCUT2D eigenvalue weighted by atomic mass is 32.2. The molecule has 2 fully saturated rings. The van der Waals surface area contributed by atoms with Gasteiger partial charge in [-0.1, -0.05) is 6.07 Å². The van der Waals surface area contributed by atoms with E-state index in [2.05, 4.69) is 4.72 Å². The molecule has 0 aromatic carbocycles. The van der Waals surface area contributed by atoms with E-state index >= 15 is 0 Å². The van der Waals surface area contributed by atoms with Crippen LogP contribution in [0.15, 0.2) is 23.6 Å². The van der Waals surface area contributed by atoms with Crippen molar-refractivity contribution in [1.82, 2.24) is 9.62 Å². The minimum Gasteiger partial charge on any atom is -0.377 e. The van der Waals surface area contributed by atoms with Crippen LogP contribution in [0.3, 0.4) is 0 Å². The zero-order valence-electron chi connectivity index (χ0n) is 14.7. The van der Waals surface area contributed by atoms with Crippen molar-refractivity contribution in [2.24, 2.45) is 0 Å². The molecule has 1 spiro atoms. The molecule has 3 heterocycles. The molecule has 0 saturated carbocycles. The van der Waals surface area contributed by atoms with Gasteiger partial charge in [-0.05, 0) is 30.4 Å². The van der Waals surface area contributed by atoms with E-state index in [-0.39, 0.29) is 18.6 Å². The number of carbonyl (C=O) groups excluding carboxylic acids is 1. The fraction of sp³-hybridized carbons (Fsp3) is 0.588. The number of ether oxygens (including phenoxy) is 2. The van der Waals surface area contributed by atoms with E-state index in [4.69, 9.17) is 9.47 Å². The number of carbonyl (C=O) groups is 1. The Morgan fingerprint density at radius 3 is 3.12 bits per heavy atom. The zero-order valence-corrected chi connectivity index (χ0v) is 16.4. The number of rotatable bonds is 5. The third-order valence-electron chi connectivity index (χ3n) is 4.51. The zero-order chi connectivity index (χ0) is 18.6. The standard InChI is InChI=1S/C17H24N2O5S2/c1-26(21,22)18-11-14-6-7-17(24-14)12-19(8-9-23-13-17)16(20)5-4-15-3-2-10-25-15/h2-5,10,14,18H,6-9,11-13H2,1H3/b5-4+/t14-,17-/m0/s1. The lowest BCUT2D eigenvalue weighted by Crippen LogP contribution is -2.47. The Morgan fingerprint density at radius 2 is 2.38 bits per heavy atom. The largest absolute Gasteiger partial charge is 0.377 e. The molecule has 3 rings (SSSR count). The van der Waals surface area contributed by atoms with Crippen LogP contribution in [-0.2, 0) is 24.3 Å².